The molecule has 0 amide bonds. The van der Waals surface area contributed by atoms with Gasteiger partial charge in [0.15, 0.2) is 0 Å². The molecule has 0 fully saturated rings. The van der Waals surface area contributed by atoms with E-state index in [4.69, 9.17) is 4.52 Å². The quantitative estimate of drug-likeness (QED) is 0.837. The number of hydrogen-bond donors (Lipinski definition) is 1. The summed E-state index contributed by atoms with van der Waals surface area (Å²) >= 11 is 0. The molecule has 0 bridgehead atoms. The lowest BCUT2D eigenvalue weighted by Crippen LogP contribution is -2.15. The number of rotatable bonds is 4. The van der Waals surface area contributed by atoms with Crippen molar-refractivity contribution in [3.05, 3.63) is 40.6 Å². The Morgan fingerprint density at radius 1 is 1.44 bits per heavy atom. The van der Waals surface area contributed by atoms with Crippen molar-refractivity contribution < 1.29 is 9.63 Å². The molecule has 0 aliphatic heterocycles. The lowest BCUT2D eigenvalue weighted by Gasteiger charge is -2.09. The van der Waals surface area contributed by atoms with Crippen molar-refractivity contribution in [1.29, 1.82) is 0 Å². The van der Waals surface area contributed by atoms with E-state index < -0.39 is 5.60 Å². The van der Waals surface area contributed by atoms with Crippen LogP contribution in [0.25, 0.3) is 11.4 Å². The third-order valence-corrected chi connectivity index (χ3v) is 2.38. The second kappa shape index (κ2) is 4.66. The second-order valence-electron chi connectivity index (χ2n) is 4.47. The zero-order chi connectivity index (χ0) is 13.2. The van der Waals surface area contributed by atoms with Crippen molar-refractivity contribution in [1.82, 2.24) is 10.1 Å². The molecule has 6 nitrogen and oxygen atoms in total. The van der Waals surface area contributed by atoms with Crippen LogP contribution in [-0.4, -0.2) is 15.2 Å². The average molecular weight is 247 g/mol. The molecule has 2 rings (SSSR count). The summed E-state index contributed by atoms with van der Waals surface area (Å²) in [6.07, 6.45) is 0. The van der Waals surface area contributed by atoms with E-state index in [9.17, 15) is 10.0 Å². The van der Waals surface area contributed by atoms with Gasteiger partial charge in [0, 0.05) is 5.56 Å². The summed E-state index contributed by atoms with van der Waals surface area (Å²) in [4.78, 5) is 14.3. The molecule has 1 aromatic heterocycles. The molecule has 0 atom stereocenters. The Morgan fingerprint density at radius 3 is 2.83 bits per heavy atom. The summed E-state index contributed by atoms with van der Waals surface area (Å²) in [7, 11) is 0. The van der Waals surface area contributed by atoms with E-state index in [2.05, 4.69) is 15.3 Å². The minimum absolute atomic E-state index is 0.101. The van der Waals surface area contributed by atoms with Crippen LogP contribution in [0.5, 0.6) is 0 Å². The smallest absolute Gasteiger partial charge is 0.258 e. The van der Waals surface area contributed by atoms with Gasteiger partial charge in [-0.15, -0.1) is 0 Å². The van der Waals surface area contributed by atoms with E-state index in [1.165, 1.54) is 0 Å². The standard InChI is InChI=1S/C12H13N3O3/c1-12(2,16)11-14-10(15-18-11)9-5-3-4-8(6-9)7-13-17/h3-6,16H,7H2,1-2H3. The van der Waals surface area contributed by atoms with E-state index in [1.807, 2.05) is 0 Å². The van der Waals surface area contributed by atoms with Crippen molar-refractivity contribution in [2.24, 2.45) is 5.18 Å². The van der Waals surface area contributed by atoms with Crippen LogP contribution in [0.3, 0.4) is 0 Å². The van der Waals surface area contributed by atoms with Gasteiger partial charge in [-0.1, -0.05) is 28.5 Å². The monoisotopic (exact) mass is 247 g/mol. The average Bonchev–Trinajstić information content (AvgIpc) is 2.78. The highest BCUT2D eigenvalue weighted by Gasteiger charge is 2.24. The lowest BCUT2D eigenvalue weighted by atomic mass is 10.1. The summed E-state index contributed by atoms with van der Waals surface area (Å²) in [6, 6.07) is 7.14. The third-order valence-electron chi connectivity index (χ3n) is 2.38. The number of aromatic nitrogens is 2. The Bertz CT molecular complexity index is 558. The molecule has 0 saturated carbocycles. The number of hydrogen-bond acceptors (Lipinski definition) is 6. The normalized spacial score (nSPS) is 11.5. The molecule has 0 saturated heterocycles. The Hall–Kier alpha value is -2.08. The predicted molar refractivity (Wildman–Crippen MR) is 64.5 cm³/mol. The van der Waals surface area contributed by atoms with Gasteiger partial charge in [-0.05, 0) is 25.5 Å². The zero-order valence-electron chi connectivity index (χ0n) is 10.1. The Labute approximate surface area is 104 Å². The molecule has 0 aliphatic carbocycles. The minimum Gasteiger partial charge on any atom is -0.381 e. The number of aliphatic hydroxyl groups is 1. The van der Waals surface area contributed by atoms with Gasteiger partial charge in [-0.25, -0.2) is 0 Å². The molecule has 1 heterocycles. The minimum atomic E-state index is -1.17. The number of nitrogens with zero attached hydrogens (tertiary/aromatic N) is 3. The largest absolute Gasteiger partial charge is 0.381 e. The van der Waals surface area contributed by atoms with Gasteiger partial charge in [0.25, 0.3) is 5.89 Å². The second-order valence-corrected chi connectivity index (χ2v) is 4.47. The molecular weight excluding hydrogens is 234 g/mol. The van der Waals surface area contributed by atoms with Gasteiger partial charge in [0.1, 0.15) is 12.1 Å². The topological polar surface area (TPSA) is 88.6 Å². The third kappa shape index (κ3) is 2.60. The van der Waals surface area contributed by atoms with Gasteiger partial charge in [-0.2, -0.15) is 9.89 Å². The highest BCUT2D eigenvalue weighted by atomic mass is 16.5. The number of nitroso groups, excluding NO2 is 1. The Balaban J connectivity index is 2.34. The van der Waals surface area contributed by atoms with Gasteiger partial charge < -0.3 is 9.63 Å². The van der Waals surface area contributed by atoms with Crippen molar-refractivity contribution in [3.63, 3.8) is 0 Å². The maximum absolute atomic E-state index is 10.2. The lowest BCUT2D eigenvalue weighted by molar-refractivity contribution is 0.0420. The summed E-state index contributed by atoms with van der Waals surface area (Å²) in [5.74, 6) is 0.524. The summed E-state index contributed by atoms with van der Waals surface area (Å²) in [5.41, 5.74) is 0.320. The SMILES string of the molecule is CC(C)(O)c1nc(-c2cccc(CN=O)c2)no1. The molecule has 94 valence electrons. The predicted octanol–water partition coefficient (Wildman–Crippen LogP) is 2.23. The highest BCUT2D eigenvalue weighted by Crippen LogP contribution is 2.22. The van der Waals surface area contributed by atoms with Crippen LogP contribution >= 0.6 is 0 Å². The van der Waals surface area contributed by atoms with E-state index in [0.717, 1.165) is 11.1 Å². The first-order valence-electron chi connectivity index (χ1n) is 5.45. The van der Waals surface area contributed by atoms with Crippen molar-refractivity contribution in [3.8, 4) is 11.4 Å². The van der Waals surface area contributed by atoms with E-state index >= 15 is 0 Å². The first-order valence-corrected chi connectivity index (χ1v) is 5.45. The molecule has 0 radical (unpaired) electrons. The van der Waals surface area contributed by atoms with E-state index in [-0.39, 0.29) is 12.4 Å². The first-order chi connectivity index (χ1) is 8.50. The fraction of sp³-hybridized carbons (Fsp3) is 0.333. The van der Waals surface area contributed by atoms with Gasteiger partial charge in [0.05, 0.1) is 0 Å². The summed E-state index contributed by atoms with van der Waals surface area (Å²) in [6.45, 7) is 3.23. The van der Waals surface area contributed by atoms with Crippen LogP contribution < -0.4 is 0 Å². The maximum Gasteiger partial charge on any atom is 0.258 e. The molecule has 6 heteroatoms. The fourth-order valence-electron chi connectivity index (χ4n) is 1.47. The van der Waals surface area contributed by atoms with Crippen LogP contribution in [0.4, 0.5) is 0 Å². The molecule has 1 aromatic carbocycles. The van der Waals surface area contributed by atoms with Gasteiger partial charge >= 0.3 is 0 Å². The molecule has 0 unspecified atom stereocenters. The van der Waals surface area contributed by atoms with Gasteiger partial charge in [0.2, 0.25) is 5.82 Å². The van der Waals surface area contributed by atoms with Crippen LogP contribution in [0.15, 0.2) is 34.0 Å². The zero-order valence-corrected chi connectivity index (χ0v) is 10.1. The van der Waals surface area contributed by atoms with E-state index in [0.29, 0.717) is 5.82 Å². The van der Waals surface area contributed by atoms with Crippen molar-refractivity contribution in [2.45, 2.75) is 26.0 Å². The fourth-order valence-corrected chi connectivity index (χ4v) is 1.47. The Kier molecular flexibility index (Phi) is 3.20. The molecular formula is C12H13N3O3. The first kappa shape index (κ1) is 12.4. The summed E-state index contributed by atoms with van der Waals surface area (Å²) in [5, 5.41) is 16.4. The molecule has 18 heavy (non-hydrogen) atoms. The summed E-state index contributed by atoms with van der Waals surface area (Å²) < 4.78 is 4.99. The Morgan fingerprint density at radius 2 is 2.22 bits per heavy atom. The van der Waals surface area contributed by atoms with Crippen LogP contribution in [0.2, 0.25) is 0 Å². The van der Waals surface area contributed by atoms with Crippen molar-refractivity contribution in [2.75, 3.05) is 0 Å². The van der Waals surface area contributed by atoms with Gasteiger partial charge in [-0.3, -0.25) is 0 Å². The van der Waals surface area contributed by atoms with Crippen LogP contribution in [0, 0.1) is 4.91 Å². The maximum atomic E-state index is 10.2. The molecule has 1 N–H and O–H groups in total. The molecule has 0 aliphatic rings. The number of benzene rings is 1. The highest BCUT2D eigenvalue weighted by molar-refractivity contribution is 5.55. The van der Waals surface area contributed by atoms with Crippen LogP contribution in [-0.2, 0) is 12.1 Å². The van der Waals surface area contributed by atoms with E-state index in [1.54, 1.807) is 38.1 Å². The molecule has 2 aromatic rings. The van der Waals surface area contributed by atoms with Crippen LogP contribution in [0.1, 0.15) is 25.3 Å². The van der Waals surface area contributed by atoms with Crippen molar-refractivity contribution >= 4 is 0 Å². The molecule has 0 spiro atoms.